The molecule has 1 atom stereocenters. The van der Waals surface area contributed by atoms with Crippen molar-refractivity contribution in [2.75, 3.05) is 16.8 Å². The van der Waals surface area contributed by atoms with Gasteiger partial charge in [0.2, 0.25) is 0 Å². The Hall–Kier alpha value is -2.78. The van der Waals surface area contributed by atoms with Gasteiger partial charge in [0.1, 0.15) is 17.0 Å². The zero-order chi connectivity index (χ0) is 22.0. The van der Waals surface area contributed by atoms with Crippen LogP contribution in [0.2, 0.25) is 0 Å². The normalized spacial score (nSPS) is 17.2. The fourth-order valence-corrected chi connectivity index (χ4v) is 3.16. The topological polar surface area (TPSA) is 91.8 Å². The van der Waals surface area contributed by atoms with Gasteiger partial charge in [0.15, 0.2) is 5.69 Å². The predicted octanol–water partition coefficient (Wildman–Crippen LogP) is 4.69. The molecule has 0 unspecified atom stereocenters. The number of halogens is 3. The number of hydrogen-bond donors (Lipinski definition) is 2. The molecule has 1 amide bonds. The van der Waals surface area contributed by atoms with Gasteiger partial charge in [0.05, 0.1) is 5.69 Å². The predicted molar refractivity (Wildman–Crippen MR) is 101 cm³/mol. The third-order valence-corrected chi connectivity index (χ3v) is 4.23. The molecule has 0 aromatic carbocycles. The molecule has 0 aliphatic carbocycles. The van der Waals surface area contributed by atoms with E-state index in [2.05, 4.69) is 16.9 Å². The second-order valence-corrected chi connectivity index (χ2v) is 7.70. The minimum atomic E-state index is -4.80. The first kappa shape index (κ1) is 22.5. The lowest BCUT2D eigenvalue weighted by Crippen LogP contribution is -2.33. The summed E-state index contributed by atoms with van der Waals surface area (Å²) in [6.07, 6.45) is -2.53. The van der Waals surface area contributed by atoms with Gasteiger partial charge >= 0.3 is 18.2 Å². The summed E-state index contributed by atoms with van der Waals surface area (Å²) in [5.74, 6) is -2.03. The summed E-state index contributed by atoms with van der Waals surface area (Å²) in [5, 5.41) is 11.5. The van der Waals surface area contributed by atoms with Crippen molar-refractivity contribution in [3.8, 4) is 0 Å². The Kier molecular flexibility index (Phi) is 6.44. The van der Waals surface area contributed by atoms with Crippen molar-refractivity contribution < 1.29 is 32.6 Å². The van der Waals surface area contributed by atoms with Crippen LogP contribution in [0.3, 0.4) is 0 Å². The molecule has 0 radical (unpaired) electrons. The SMILES string of the molecule is C=CC[C@@H]1CCCN1c1nc(C(=O)O)c(NC(=O)OC(C)(C)C)cc1C(F)(F)F. The number of alkyl halides is 3. The molecule has 1 fully saturated rings. The van der Waals surface area contributed by atoms with Crippen molar-refractivity contribution in [2.24, 2.45) is 0 Å². The lowest BCUT2D eigenvalue weighted by atomic mass is 10.1. The fourth-order valence-electron chi connectivity index (χ4n) is 3.16. The van der Waals surface area contributed by atoms with Gasteiger partial charge in [0, 0.05) is 12.6 Å². The molecule has 2 heterocycles. The third-order valence-electron chi connectivity index (χ3n) is 4.23. The maximum atomic E-state index is 13.8. The number of nitrogens with zero attached hydrogens (tertiary/aromatic N) is 2. The molecule has 1 aliphatic heterocycles. The van der Waals surface area contributed by atoms with Gasteiger partial charge < -0.3 is 14.7 Å². The van der Waals surface area contributed by atoms with E-state index in [9.17, 15) is 27.9 Å². The molecule has 1 saturated heterocycles. The quantitative estimate of drug-likeness (QED) is 0.678. The van der Waals surface area contributed by atoms with Gasteiger partial charge in [-0.2, -0.15) is 13.2 Å². The van der Waals surface area contributed by atoms with Crippen LogP contribution in [0.1, 0.15) is 56.1 Å². The number of carbonyl (C=O) groups excluding carboxylic acids is 1. The Bertz CT molecular complexity index is 803. The van der Waals surface area contributed by atoms with E-state index in [1.165, 1.54) is 4.90 Å². The highest BCUT2D eigenvalue weighted by atomic mass is 19.4. The Morgan fingerprint density at radius 3 is 2.59 bits per heavy atom. The van der Waals surface area contributed by atoms with Crippen molar-refractivity contribution in [1.29, 1.82) is 0 Å². The van der Waals surface area contributed by atoms with E-state index in [0.29, 0.717) is 31.9 Å². The van der Waals surface area contributed by atoms with Crippen LogP contribution in [0.4, 0.5) is 29.5 Å². The van der Waals surface area contributed by atoms with Gasteiger partial charge in [0.25, 0.3) is 0 Å². The number of aromatic carboxylic acids is 1. The number of carboxylic acid groups (broad SMARTS) is 1. The summed E-state index contributed by atoms with van der Waals surface area (Å²) in [4.78, 5) is 28.9. The van der Waals surface area contributed by atoms with Crippen LogP contribution >= 0.6 is 0 Å². The Morgan fingerprint density at radius 2 is 2.07 bits per heavy atom. The van der Waals surface area contributed by atoms with Crippen molar-refractivity contribution in [3.05, 3.63) is 30.0 Å². The van der Waals surface area contributed by atoms with Crippen molar-refractivity contribution >= 4 is 23.6 Å². The number of carboxylic acids is 1. The van der Waals surface area contributed by atoms with Crippen LogP contribution in [-0.2, 0) is 10.9 Å². The van der Waals surface area contributed by atoms with Crippen LogP contribution in [-0.4, -0.2) is 40.3 Å². The maximum Gasteiger partial charge on any atom is 0.420 e. The molecule has 29 heavy (non-hydrogen) atoms. The molecule has 1 aromatic heterocycles. The van der Waals surface area contributed by atoms with Gasteiger partial charge in [-0.05, 0) is 46.1 Å². The summed E-state index contributed by atoms with van der Waals surface area (Å²) in [7, 11) is 0. The van der Waals surface area contributed by atoms with Gasteiger partial charge in [-0.25, -0.2) is 14.6 Å². The maximum absolute atomic E-state index is 13.8. The number of ether oxygens (including phenoxy) is 1. The van der Waals surface area contributed by atoms with Crippen molar-refractivity contribution in [3.63, 3.8) is 0 Å². The highest BCUT2D eigenvalue weighted by Crippen LogP contribution is 2.40. The van der Waals surface area contributed by atoms with E-state index >= 15 is 0 Å². The van der Waals surface area contributed by atoms with Crippen LogP contribution < -0.4 is 10.2 Å². The molecule has 7 nitrogen and oxygen atoms in total. The molecular weight excluding hydrogens is 391 g/mol. The molecule has 2 rings (SSSR count). The third kappa shape index (κ3) is 5.61. The summed E-state index contributed by atoms with van der Waals surface area (Å²) in [5.41, 5.74) is -3.31. The van der Waals surface area contributed by atoms with Crippen LogP contribution in [0.5, 0.6) is 0 Å². The van der Waals surface area contributed by atoms with Crippen LogP contribution in [0, 0.1) is 0 Å². The zero-order valence-corrected chi connectivity index (χ0v) is 16.5. The number of hydrogen-bond acceptors (Lipinski definition) is 5. The zero-order valence-electron chi connectivity index (χ0n) is 16.5. The largest absolute Gasteiger partial charge is 0.476 e. The Balaban J connectivity index is 2.55. The lowest BCUT2D eigenvalue weighted by molar-refractivity contribution is -0.137. The monoisotopic (exact) mass is 415 g/mol. The average Bonchev–Trinajstić information content (AvgIpc) is 3.00. The van der Waals surface area contributed by atoms with E-state index < -0.39 is 46.6 Å². The molecule has 1 aliphatic rings. The first-order chi connectivity index (χ1) is 13.3. The standard InChI is InChI=1S/C19H24F3N3O4/c1-5-7-11-8-6-9-25(11)15-12(19(20,21)22)10-13(14(24-15)16(26)27)23-17(28)29-18(2,3)4/h5,10-11H,1,6-9H2,2-4H3,(H,23,28)(H,26,27)/t11-/m1/s1. The number of aromatic nitrogens is 1. The number of carbonyl (C=O) groups is 2. The minimum Gasteiger partial charge on any atom is -0.476 e. The molecule has 0 saturated carbocycles. The molecule has 2 N–H and O–H groups in total. The van der Waals surface area contributed by atoms with E-state index in [1.807, 2.05) is 0 Å². The highest BCUT2D eigenvalue weighted by molar-refractivity contribution is 5.98. The number of nitrogens with one attached hydrogen (secondary N) is 1. The highest BCUT2D eigenvalue weighted by Gasteiger charge is 2.40. The molecule has 0 bridgehead atoms. The van der Waals surface area contributed by atoms with Crippen molar-refractivity contribution in [1.82, 2.24) is 4.98 Å². The summed E-state index contributed by atoms with van der Waals surface area (Å²) in [6, 6.07) is 0.339. The second-order valence-electron chi connectivity index (χ2n) is 7.70. The van der Waals surface area contributed by atoms with Crippen LogP contribution in [0.15, 0.2) is 18.7 Å². The smallest absolute Gasteiger partial charge is 0.420 e. The number of rotatable bonds is 5. The van der Waals surface area contributed by atoms with E-state index in [4.69, 9.17) is 4.74 Å². The first-order valence-corrected chi connectivity index (χ1v) is 9.06. The van der Waals surface area contributed by atoms with E-state index in [1.54, 1.807) is 26.8 Å². The molecule has 1 aromatic rings. The van der Waals surface area contributed by atoms with Crippen LogP contribution in [0.25, 0.3) is 0 Å². The molecular formula is C19H24F3N3O4. The first-order valence-electron chi connectivity index (χ1n) is 9.06. The molecule has 160 valence electrons. The van der Waals surface area contributed by atoms with Gasteiger partial charge in [-0.1, -0.05) is 6.08 Å². The van der Waals surface area contributed by atoms with Gasteiger partial charge in [-0.3, -0.25) is 5.32 Å². The average molecular weight is 415 g/mol. The van der Waals surface area contributed by atoms with Gasteiger partial charge in [-0.15, -0.1) is 6.58 Å². The second kappa shape index (κ2) is 8.30. The number of pyridine rings is 1. The Labute approximate surface area is 166 Å². The lowest BCUT2D eigenvalue weighted by Gasteiger charge is -2.28. The van der Waals surface area contributed by atoms with Crippen molar-refractivity contribution in [2.45, 2.75) is 57.9 Å². The summed E-state index contributed by atoms with van der Waals surface area (Å²) >= 11 is 0. The number of anilines is 2. The summed E-state index contributed by atoms with van der Waals surface area (Å²) < 4.78 is 46.3. The summed E-state index contributed by atoms with van der Waals surface area (Å²) in [6.45, 7) is 8.64. The Morgan fingerprint density at radius 1 is 1.41 bits per heavy atom. The molecule has 0 spiro atoms. The van der Waals surface area contributed by atoms with E-state index in [0.717, 1.165) is 0 Å². The van der Waals surface area contributed by atoms with E-state index in [-0.39, 0.29) is 6.04 Å². The molecule has 10 heteroatoms. The fraction of sp³-hybridized carbons (Fsp3) is 0.526. The minimum absolute atomic E-state index is 0.257. The number of amides is 1.